The third-order valence-corrected chi connectivity index (χ3v) is 2.20. The number of rotatable bonds is 4. The molecule has 3 heteroatoms. The van der Waals surface area contributed by atoms with Crippen molar-refractivity contribution < 1.29 is 9.90 Å². The lowest BCUT2D eigenvalue weighted by Gasteiger charge is -1.99. The van der Waals surface area contributed by atoms with Crippen LogP contribution in [0.3, 0.4) is 0 Å². The zero-order valence-electron chi connectivity index (χ0n) is 6.06. The van der Waals surface area contributed by atoms with Gasteiger partial charge in [0.05, 0.1) is 0 Å². The SMILES string of the molecule is O=CC(O)CCc1ccsc1. The normalized spacial score (nSPS) is 12.8. The van der Waals surface area contributed by atoms with Gasteiger partial charge in [0.25, 0.3) is 0 Å². The smallest absolute Gasteiger partial charge is 0.148 e. The molecule has 11 heavy (non-hydrogen) atoms. The third-order valence-electron chi connectivity index (χ3n) is 1.47. The van der Waals surface area contributed by atoms with Crippen molar-refractivity contribution in [3.05, 3.63) is 22.4 Å². The number of thiophene rings is 1. The van der Waals surface area contributed by atoms with Crippen LogP contribution in [-0.2, 0) is 11.2 Å². The fraction of sp³-hybridized carbons (Fsp3) is 0.375. The van der Waals surface area contributed by atoms with E-state index in [4.69, 9.17) is 5.11 Å². The molecule has 1 atom stereocenters. The summed E-state index contributed by atoms with van der Waals surface area (Å²) in [7, 11) is 0. The lowest BCUT2D eigenvalue weighted by Crippen LogP contribution is -2.08. The van der Waals surface area contributed by atoms with Gasteiger partial charge in [-0.3, -0.25) is 0 Å². The quantitative estimate of drug-likeness (QED) is 0.690. The standard InChI is InChI=1S/C8H10O2S/c9-5-8(10)2-1-7-3-4-11-6-7/h3-6,8,10H,1-2H2. The Balaban J connectivity index is 2.28. The van der Waals surface area contributed by atoms with Gasteiger partial charge in [0.15, 0.2) is 0 Å². The molecule has 1 N–H and O–H groups in total. The predicted molar refractivity (Wildman–Crippen MR) is 44.7 cm³/mol. The molecule has 0 aliphatic carbocycles. The fourth-order valence-corrected chi connectivity index (χ4v) is 1.52. The monoisotopic (exact) mass is 170 g/mol. The first-order valence-electron chi connectivity index (χ1n) is 3.47. The molecule has 1 heterocycles. The van der Waals surface area contributed by atoms with Gasteiger partial charge < -0.3 is 9.90 Å². The van der Waals surface area contributed by atoms with E-state index in [2.05, 4.69) is 0 Å². The number of carbonyl (C=O) groups is 1. The molecule has 0 aliphatic rings. The van der Waals surface area contributed by atoms with Crippen molar-refractivity contribution in [1.29, 1.82) is 0 Å². The third kappa shape index (κ3) is 2.82. The van der Waals surface area contributed by atoms with Crippen molar-refractivity contribution in [2.24, 2.45) is 0 Å². The molecule has 0 bridgehead atoms. The van der Waals surface area contributed by atoms with E-state index in [0.29, 0.717) is 12.7 Å². The number of aliphatic hydroxyl groups is 1. The van der Waals surface area contributed by atoms with Gasteiger partial charge in [-0.1, -0.05) is 0 Å². The highest BCUT2D eigenvalue weighted by atomic mass is 32.1. The summed E-state index contributed by atoms with van der Waals surface area (Å²) in [6.07, 6.45) is 1.09. The molecular weight excluding hydrogens is 160 g/mol. The number of aliphatic hydroxyl groups excluding tert-OH is 1. The van der Waals surface area contributed by atoms with Crippen LogP contribution in [0.5, 0.6) is 0 Å². The minimum Gasteiger partial charge on any atom is -0.386 e. The number of aldehydes is 1. The van der Waals surface area contributed by atoms with Crippen LogP contribution in [0, 0.1) is 0 Å². The van der Waals surface area contributed by atoms with E-state index in [0.717, 1.165) is 6.42 Å². The Morgan fingerprint density at radius 3 is 3.09 bits per heavy atom. The van der Waals surface area contributed by atoms with E-state index in [1.165, 1.54) is 5.56 Å². The van der Waals surface area contributed by atoms with Crippen molar-refractivity contribution in [3.63, 3.8) is 0 Å². The summed E-state index contributed by atoms with van der Waals surface area (Å²) in [6, 6.07) is 2.00. The molecule has 0 saturated carbocycles. The Morgan fingerprint density at radius 1 is 1.73 bits per heavy atom. The molecule has 60 valence electrons. The van der Waals surface area contributed by atoms with E-state index in [1.807, 2.05) is 16.8 Å². The van der Waals surface area contributed by atoms with Gasteiger partial charge in [-0.15, -0.1) is 0 Å². The molecule has 2 nitrogen and oxygen atoms in total. The van der Waals surface area contributed by atoms with Crippen LogP contribution in [0.25, 0.3) is 0 Å². The average molecular weight is 170 g/mol. The maximum absolute atomic E-state index is 10.0. The molecule has 1 aromatic heterocycles. The lowest BCUT2D eigenvalue weighted by molar-refractivity contribution is -0.115. The zero-order valence-corrected chi connectivity index (χ0v) is 6.88. The van der Waals surface area contributed by atoms with Crippen LogP contribution < -0.4 is 0 Å². The minimum atomic E-state index is -0.796. The first-order chi connectivity index (χ1) is 5.33. The molecular formula is C8H10O2S. The van der Waals surface area contributed by atoms with E-state index in [1.54, 1.807) is 11.3 Å². The lowest BCUT2D eigenvalue weighted by atomic mass is 10.1. The maximum Gasteiger partial charge on any atom is 0.148 e. The Hall–Kier alpha value is -0.670. The van der Waals surface area contributed by atoms with E-state index in [-0.39, 0.29) is 0 Å². The van der Waals surface area contributed by atoms with Crippen molar-refractivity contribution in [3.8, 4) is 0 Å². The van der Waals surface area contributed by atoms with Crippen molar-refractivity contribution in [2.45, 2.75) is 18.9 Å². The molecule has 0 radical (unpaired) electrons. The number of carbonyl (C=O) groups excluding carboxylic acids is 1. The summed E-state index contributed by atoms with van der Waals surface area (Å²) in [5.41, 5.74) is 1.19. The summed E-state index contributed by atoms with van der Waals surface area (Å²) >= 11 is 1.63. The Morgan fingerprint density at radius 2 is 2.55 bits per heavy atom. The van der Waals surface area contributed by atoms with Gasteiger partial charge in [0, 0.05) is 0 Å². The van der Waals surface area contributed by atoms with E-state index in [9.17, 15) is 4.79 Å². The second kappa shape index (κ2) is 4.26. The summed E-state index contributed by atoms with van der Waals surface area (Å²) in [5.74, 6) is 0. The van der Waals surface area contributed by atoms with Crippen LogP contribution in [0.1, 0.15) is 12.0 Å². The minimum absolute atomic E-state index is 0.528. The Labute approximate surface area is 69.5 Å². The van der Waals surface area contributed by atoms with E-state index < -0.39 is 6.10 Å². The molecule has 1 aromatic rings. The Kier molecular flexibility index (Phi) is 3.26. The van der Waals surface area contributed by atoms with Gasteiger partial charge in [-0.2, -0.15) is 11.3 Å². The first-order valence-corrected chi connectivity index (χ1v) is 4.41. The summed E-state index contributed by atoms with van der Waals surface area (Å²) in [6.45, 7) is 0. The maximum atomic E-state index is 10.0. The van der Waals surface area contributed by atoms with Gasteiger partial charge >= 0.3 is 0 Å². The molecule has 0 spiro atoms. The summed E-state index contributed by atoms with van der Waals surface area (Å²) in [5, 5.41) is 12.9. The summed E-state index contributed by atoms with van der Waals surface area (Å²) in [4.78, 5) is 10.0. The highest BCUT2D eigenvalue weighted by Crippen LogP contribution is 2.08. The highest BCUT2D eigenvalue weighted by Gasteiger charge is 2.01. The van der Waals surface area contributed by atoms with Gasteiger partial charge in [0.2, 0.25) is 0 Å². The van der Waals surface area contributed by atoms with Crippen molar-refractivity contribution in [2.75, 3.05) is 0 Å². The average Bonchev–Trinajstić information content (AvgIpc) is 2.52. The zero-order chi connectivity index (χ0) is 8.10. The first kappa shape index (κ1) is 8.43. The molecule has 0 aliphatic heterocycles. The molecule has 0 fully saturated rings. The topological polar surface area (TPSA) is 37.3 Å². The molecule has 1 unspecified atom stereocenters. The van der Waals surface area contributed by atoms with Crippen molar-refractivity contribution in [1.82, 2.24) is 0 Å². The van der Waals surface area contributed by atoms with Gasteiger partial charge in [-0.05, 0) is 35.2 Å². The van der Waals surface area contributed by atoms with Crippen LogP contribution >= 0.6 is 11.3 Å². The second-order valence-corrected chi connectivity index (χ2v) is 3.15. The number of aryl methyl sites for hydroxylation is 1. The second-order valence-electron chi connectivity index (χ2n) is 2.37. The predicted octanol–water partition coefficient (Wildman–Crippen LogP) is 1.24. The fourth-order valence-electron chi connectivity index (χ4n) is 0.817. The Bertz CT molecular complexity index is 206. The number of hydrogen-bond donors (Lipinski definition) is 1. The van der Waals surface area contributed by atoms with Crippen LogP contribution in [0.15, 0.2) is 16.8 Å². The molecule has 0 aromatic carbocycles. The molecule has 0 saturated heterocycles. The van der Waals surface area contributed by atoms with Crippen LogP contribution in [0.4, 0.5) is 0 Å². The largest absolute Gasteiger partial charge is 0.386 e. The molecule has 1 rings (SSSR count). The van der Waals surface area contributed by atoms with Crippen LogP contribution in [-0.4, -0.2) is 17.5 Å². The van der Waals surface area contributed by atoms with Gasteiger partial charge in [0.1, 0.15) is 12.4 Å². The van der Waals surface area contributed by atoms with E-state index >= 15 is 0 Å². The van der Waals surface area contributed by atoms with Crippen molar-refractivity contribution >= 4 is 17.6 Å². The molecule has 0 amide bonds. The highest BCUT2D eigenvalue weighted by molar-refractivity contribution is 7.07. The van der Waals surface area contributed by atoms with Crippen LogP contribution in [0.2, 0.25) is 0 Å². The number of hydrogen-bond acceptors (Lipinski definition) is 3. The van der Waals surface area contributed by atoms with Gasteiger partial charge in [-0.25, -0.2) is 0 Å². The summed E-state index contributed by atoms with van der Waals surface area (Å²) < 4.78 is 0.